The summed E-state index contributed by atoms with van der Waals surface area (Å²) in [5.41, 5.74) is 2.27. The average Bonchev–Trinajstić information content (AvgIpc) is 2.98. The van der Waals surface area contributed by atoms with Crippen LogP contribution in [0.1, 0.15) is 63.9 Å². The summed E-state index contributed by atoms with van der Waals surface area (Å²) in [6.07, 6.45) is 8.35. The maximum Gasteiger partial charge on any atom is 0.306 e. The van der Waals surface area contributed by atoms with E-state index in [0.717, 1.165) is 43.9 Å². The van der Waals surface area contributed by atoms with Crippen molar-refractivity contribution in [3.63, 3.8) is 0 Å². The Bertz CT molecular complexity index is 597. The molecule has 4 heteroatoms. The van der Waals surface area contributed by atoms with Gasteiger partial charge in [0.2, 0.25) is 0 Å². The molecular weight excluding hydrogens is 300 g/mol. The van der Waals surface area contributed by atoms with Crippen molar-refractivity contribution in [3.8, 4) is 0 Å². The predicted octanol–water partition coefficient (Wildman–Crippen LogP) is 4.60. The molecule has 2 aliphatic heterocycles. The van der Waals surface area contributed by atoms with Crippen molar-refractivity contribution in [3.05, 3.63) is 29.8 Å². The van der Waals surface area contributed by atoms with E-state index in [9.17, 15) is 4.79 Å². The van der Waals surface area contributed by atoms with E-state index in [0.29, 0.717) is 6.42 Å². The molecule has 0 N–H and O–H groups in total. The summed E-state index contributed by atoms with van der Waals surface area (Å²) in [6.45, 7) is 4.01. The number of carbonyl (C=O) groups excluding carboxylic acids is 1. The molecular formula is C20H28N2O2. The molecule has 1 atom stereocenters. The minimum absolute atomic E-state index is 0.0705. The highest BCUT2D eigenvalue weighted by Crippen LogP contribution is 2.31. The van der Waals surface area contributed by atoms with Crippen LogP contribution in [0.3, 0.4) is 0 Å². The van der Waals surface area contributed by atoms with Gasteiger partial charge in [-0.25, -0.2) is 4.99 Å². The van der Waals surface area contributed by atoms with E-state index < -0.39 is 0 Å². The number of para-hydroxylation sites is 1. The molecule has 1 saturated heterocycles. The predicted molar refractivity (Wildman–Crippen MR) is 96.4 cm³/mol. The van der Waals surface area contributed by atoms with Gasteiger partial charge in [-0.05, 0) is 18.1 Å². The summed E-state index contributed by atoms with van der Waals surface area (Å²) in [5, 5.41) is 0. The van der Waals surface area contributed by atoms with Gasteiger partial charge in [-0.2, -0.15) is 0 Å². The molecule has 0 bridgehead atoms. The minimum Gasteiger partial charge on any atom is -0.454 e. The first-order chi connectivity index (χ1) is 11.8. The van der Waals surface area contributed by atoms with Gasteiger partial charge in [0, 0.05) is 25.9 Å². The lowest BCUT2D eigenvalue weighted by Crippen LogP contribution is -2.33. The van der Waals surface area contributed by atoms with Gasteiger partial charge in [-0.15, -0.1) is 0 Å². The number of nitrogens with zero attached hydrogens (tertiary/aromatic N) is 2. The van der Waals surface area contributed by atoms with Gasteiger partial charge in [-0.3, -0.25) is 4.79 Å². The maximum atomic E-state index is 12.1. The highest BCUT2D eigenvalue weighted by molar-refractivity contribution is 5.93. The molecule has 0 saturated carbocycles. The molecule has 0 spiro atoms. The second kappa shape index (κ2) is 8.32. The Labute approximate surface area is 144 Å². The fourth-order valence-corrected chi connectivity index (χ4v) is 3.48. The largest absolute Gasteiger partial charge is 0.454 e. The van der Waals surface area contributed by atoms with Crippen molar-refractivity contribution in [2.45, 2.75) is 70.9 Å². The Kier molecular flexibility index (Phi) is 5.89. The molecule has 1 aromatic rings. The van der Waals surface area contributed by atoms with Crippen molar-refractivity contribution in [2.24, 2.45) is 4.99 Å². The van der Waals surface area contributed by atoms with Crippen LogP contribution in [0, 0.1) is 0 Å². The fourth-order valence-electron chi connectivity index (χ4n) is 3.48. The highest BCUT2D eigenvalue weighted by Gasteiger charge is 2.34. The van der Waals surface area contributed by atoms with Crippen LogP contribution in [-0.2, 0) is 16.1 Å². The first-order valence-corrected chi connectivity index (χ1v) is 9.39. The van der Waals surface area contributed by atoms with Gasteiger partial charge in [0.25, 0.3) is 0 Å². The lowest BCUT2D eigenvalue weighted by Gasteiger charge is -2.26. The number of carbonyl (C=O) groups is 1. The van der Waals surface area contributed by atoms with Gasteiger partial charge in [0.05, 0.1) is 5.69 Å². The Balaban J connectivity index is 1.48. The summed E-state index contributed by atoms with van der Waals surface area (Å²) < 4.78 is 5.71. The van der Waals surface area contributed by atoms with Crippen molar-refractivity contribution in [1.82, 2.24) is 4.90 Å². The Morgan fingerprint density at radius 2 is 2.00 bits per heavy atom. The molecule has 0 amide bonds. The van der Waals surface area contributed by atoms with Crippen LogP contribution in [-0.4, -0.2) is 29.4 Å². The zero-order chi connectivity index (χ0) is 16.8. The second-order valence-electron chi connectivity index (χ2n) is 6.81. The van der Waals surface area contributed by atoms with Crippen LogP contribution in [0.5, 0.6) is 0 Å². The minimum atomic E-state index is -0.161. The van der Waals surface area contributed by atoms with E-state index in [-0.39, 0.29) is 12.1 Å². The third-order valence-electron chi connectivity index (χ3n) is 4.87. The molecule has 0 unspecified atom stereocenters. The summed E-state index contributed by atoms with van der Waals surface area (Å²) in [5.74, 6) is 0.865. The van der Waals surface area contributed by atoms with Crippen LogP contribution < -0.4 is 0 Å². The van der Waals surface area contributed by atoms with Crippen LogP contribution in [0.2, 0.25) is 0 Å². The highest BCUT2D eigenvalue weighted by atomic mass is 16.5. The molecule has 1 fully saturated rings. The van der Waals surface area contributed by atoms with Crippen molar-refractivity contribution in [1.29, 1.82) is 0 Å². The zero-order valence-electron chi connectivity index (χ0n) is 14.7. The van der Waals surface area contributed by atoms with Gasteiger partial charge < -0.3 is 9.64 Å². The van der Waals surface area contributed by atoms with E-state index in [1.807, 2.05) is 18.2 Å². The number of rotatable bonds is 8. The third-order valence-corrected chi connectivity index (χ3v) is 4.87. The lowest BCUT2D eigenvalue weighted by molar-refractivity contribution is -0.146. The molecule has 0 aromatic heterocycles. The molecule has 1 aromatic carbocycles. The summed E-state index contributed by atoms with van der Waals surface area (Å²) in [7, 11) is 0. The number of hydrogen-bond acceptors (Lipinski definition) is 4. The van der Waals surface area contributed by atoms with E-state index in [1.54, 1.807) is 0 Å². The smallest absolute Gasteiger partial charge is 0.306 e. The summed E-state index contributed by atoms with van der Waals surface area (Å²) in [6, 6.07) is 8.21. The molecule has 2 heterocycles. The Hall–Kier alpha value is -1.84. The van der Waals surface area contributed by atoms with Crippen molar-refractivity contribution in [2.75, 3.05) is 6.54 Å². The number of hydrogen-bond donors (Lipinski definition) is 0. The van der Waals surface area contributed by atoms with Gasteiger partial charge in [0.15, 0.2) is 6.10 Å². The summed E-state index contributed by atoms with van der Waals surface area (Å²) >= 11 is 0. The monoisotopic (exact) mass is 328 g/mol. The number of unbranched alkanes of at least 4 members (excludes halogenated alkanes) is 5. The second-order valence-corrected chi connectivity index (χ2v) is 6.81. The SMILES string of the molecule is CCCCCCCCC(=O)O[C@@H]1CCN2Cc3ccccc3N=C12. The number of esters is 1. The number of amidine groups is 1. The molecule has 4 nitrogen and oxygen atoms in total. The first-order valence-electron chi connectivity index (χ1n) is 9.39. The normalized spacial score (nSPS) is 18.8. The topological polar surface area (TPSA) is 41.9 Å². The molecule has 2 aliphatic rings. The van der Waals surface area contributed by atoms with Crippen LogP contribution in [0.15, 0.2) is 29.3 Å². The zero-order valence-corrected chi connectivity index (χ0v) is 14.7. The van der Waals surface area contributed by atoms with E-state index in [4.69, 9.17) is 9.73 Å². The molecule has 24 heavy (non-hydrogen) atoms. The number of aliphatic imine (C=N–C) groups is 1. The van der Waals surface area contributed by atoms with Gasteiger partial charge in [-0.1, -0.05) is 57.2 Å². The van der Waals surface area contributed by atoms with Crippen LogP contribution in [0.25, 0.3) is 0 Å². The standard InChI is InChI=1S/C20H28N2O2/c1-2-3-4-5-6-7-12-19(23)24-18-13-14-22-15-16-10-8-9-11-17(16)21-20(18)22/h8-11,18H,2-7,12-15H2,1H3/t18-/m1/s1. The van der Waals surface area contributed by atoms with Crippen molar-refractivity contribution < 1.29 is 9.53 Å². The van der Waals surface area contributed by atoms with E-state index in [2.05, 4.69) is 17.9 Å². The Morgan fingerprint density at radius 3 is 2.88 bits per heavy atom. The number of fused-ring (bicyclic) bond motifs is 2. The average molecular weight is 328 g/mol. The quantitative estimate of drug-likeness (QED) is 0.517. The fraction of sp³-hybridized carbons (Fsp3) is 0.600. The van der Waals surface area contributed by atoms with Crippen LogP contribution in [0.4, 0.5) is 5.69 Å². The van der Waals surface area contributed by atoms with E-state index in [1.165, 1.54) is 31.2 Å². The number of benzene rings is 1. The van der Waals surface area contributed by atoms with Crippen molar-refractivity contribution >= 4 is 17.5 Å². The third kappa shape index (κ3) is 4.16. The molecule has 0 radical (unpaired) electrons. The van der Waals surface area contributed by atoms with Crippen LogP contribution >= 0.6 is 0 Å². The Morgan fingerprint density at radius 1 is 1.21 bits per heavy atom. The maximum absolute atomic E-state index is 12.1. The summed E-state index contributed by atoms with van der Waals surface area (Å²) in [4.78, 5) is 19.1. The van der Waals surface area contributed by atoms with Gasteiger partial charge in [0.1, 0.15) is 5.84 Å². The lowest BCUT2D eigenvalue weighted by atomic mass is 10.1. The number of ether oxygens (including phenoxy) is 1. The molecule has 130 valence electrons. The first kappa shape index (κ1) is 17.0. The van der Waals surface area contributed by atoms with Gasteiger partial charge >= 0.3 is 5.97 Å². The molecule has 3 rings (SSSR count). The van der Waals surface area contributed by atoms with E-state index >= 15 is 0 Å². The molecule has 0 aliphatic carbocycles.